The second-order valence-electron chi connectivity index (χ2n) is 9.56. The van der Waals surface area contributed by atoms with Gasteiger partial charge in [0.05, 0.1) is 17.2 Å². The van der Waals surface area contributed by atoms with Crippen molar-refractivity contribution in [2.24, 2.45) is 4.99 Å². The number of aliphatic imine (C=N–C) groups is 1. The Kier molecular flexibility index (Phi) is 7.84. The summed E-state index contributed by atoms with van der Waals surface area (Å²) < 4.78 is 26.8. The van der Waals surface area contributed by atoms with Crippen molar-refractivity contribution in [1.82, 2.24) is 10.6 Å². The standard InChI is InChI=1S/C31H31N3O3S/c35-30(32-17-16-23-10-12-26(13-11-23)31-33-18-19-34-31)21-28(24-6-2-1-3-7-24)22-38(36,37)29-15-14-25-8-4-5-9-27(25)20-29/h1-15,20,28H,16-19,21-22H2,(H,32,35)(H,33,34)/t28-/m1/s1. The maximum absolute atomic E-state index is 13.4. The molecule has 0 spiro atoms. The maximum Gasteiger partial charge on any atom is 0.220 e. The minimum atomic E-state index is -3.61. The molecule has 1 aliphatic rings. The van der Waals surface area contributed by atoms with Gasteiger partial charge in [-0.15, -0.1) is 0 Å². The normalized spacial score (nSPS) is 14.1. The minimum absolute atomic E-state index is 0.0985. The van der Waals surface area contributed by atoms with E-state index in [1.54, 1.807) is 12.1 Å². The van der Waals surface area contributed by atoms with Gasteiger partial charge in [0.2, 0.25) is 5.91 Å². The van der Waals surface area contributed by atoms with Crippen molar-refractivity contribution in [1.29, 1.82) is 0 Å². The fourth-order valence-electron chi connectivity index (χ4n) is 4.78. The van der Waals surface area contributed by atoms with Crippen molar-refractivity contribution in [2.75, 3.05) is 25.4 Å². The summed E-state index contributed by atoms with van der Waals surface area (Å²) in [6, 6.07) is 30.5. The lowest BCUT2D eigenvalue weighted by Gasteiger charge is -2.18. The average Bonchev–Trinajstić information content (AvgIpc) is 3.48. The highest BCUT2D eigenvalue weighted by atomic mass is 32.2. The lowest BCUT2D eigenvalue weighted by molar-refractivity contribution is -0.121. The van der Waals surface area contributed by atoms with E-state index in [0.717, 1.165) is 46.4 Å². The predicted octanol–water partition coefficient (Wildman–Crippen LogP) is 4.50. The van der Waals surface area contributed by atoms with E-state index in [1.807, 2.05) is 84.9 Å². The summed E-state index contributed by atoms with van der Waals surface area (Å²) in [4.78, 5) is 17.6. The van der Waals surface area contributed by atoms with Gasteiger partial charge in [-0.1, -0.05) is 84.9 Å². The van der Waals surface area contributed by atoms with Crippen LogP contribution in [0, 0.1) is 0 Å². The van der Waals surface area contributed by atoms with Gasteiger partial charge in [-0.25, -0.2) is 8.42 Å². The molecule has 1 aliphatic heterocycles. The molecule has 1 heterocycles. The van der Waals surface area contributed by atoms with Crippen molar-refractivity contribution in [2.45, 2.75) is 23.7 Å². The second kappa shape index (κ2) is 11.6. The van der Waals surface area contributed by atoms with Gasteiger partial charge in [0.1, 0.15) is 5.84 Å². The molecule has 0 saturated carbocycles. The van der Waals surface area contributed by atoms with E-state index < -0.39 is 15.8 Å². The molecule has 38 heavy (non-hydrogen) atoms. The molecule has 0 radical (unpaired) electrons. The number of hydrogen-bond donors (Lipinski definition) is 2. The Morgan fingerprint density at radius 3 is 2.37 bits per heavy atom. The van der Waals surface area contributed by atoms with Crippen LogP contribution in [0.25, 0.3) is 10.8 Å². The van der Waals surface area contributed by atoms with E-state index in [2.05, 4.69) is 15.6 Å². The topological polar surface area (TPSA) is 87.6 Å². The van der Waals surface area contributed by atoms with Crippen molar-refractivity contribution in [3.63, 3.8) is 0 Å². The van der Waals surface area contributed by atoms with Crippen LogP contribution >= 0.6 is 0 Å². The SMILES string of the molecule is O=C(C[C@H](CS(=O)(=O)c1ccc2ccccc2c1)c1ccccc1)NCCc1ccc(C2=NCCN2)cc1. The highest BCUT2D eigenvalue weighted by molar-refractivity contribution is 7.91. The van der Waals surface area contributed by atoms with Gasteiger partial charge in [0.15, 0.2) is 9.84 Å². The first-order chi connectivity index (χ1) is 18.5. The van der Waals surface area contributed by atoms with Gasteiger partial charge < -0.3 is 10.6 Å². The Hall–Kier alpha value is -3.97. The number of carbonyl (C=O) groups is 1. The van der Waals surface area contributed by atoms with Crippen LogP contribution in [0.1, 0.15) is 29.0 Å². The number of hydrogen-bond acceptors (Lipinski definition) is 5. The zero-order valence-corrected chi connectivity index (χ0v) is 22.0. The van der Waals surface area contributed by atoms with Crippen molar-refractivity contribution >= 4 is 32.4 Å². The molecule has 6 nitrogen and oxygen atoms in total. The zero-order chi connectivity index (χ0) is 26.4. The third kappa shape index (κ3) is 6.29. The molecule has 2 N–H and O–H groups in total. The molecule has 0 unspecified atom stereocenters. The molecular weight excluding hydrogens is 494 g/mol. The van der Waals surface area contributed by atoms with Gasteiger partial charge >= 0.3 is 0 Å². The van der Waals surface area contributed by atoms with E-state index in [4.69, 9.17) is 0 Å². The number of amidine groups is 1. The lowest BCUT2D eigenvalue weighted by Crippen LogP contribution is -2.29. The number of sulfone groups is 1. The molecule has 194 valence electrons. The third-order valence-corrected chi connectivity index (χ3v) is 8.65. The van der Waals surface area contributed by atoms with E-state index >= 15 is 0 Å². The third-order valence-electron chi connectivity index (χ3n) is 6.84. The van der Waals surface area contributed by atoms with Crippen molar-refractivity contribution in [3.8, 4) is 0 Å². The molecular formula is C31H31N3O3S. The molecule has 1 atom stereocenters. The Labute approximate surface area is 223 Å². The van der Waals surface area contributed by atoms with E-state index in [-0.39, 0.29) is 23.0 Å². The summed E-state index contributed by atoms with van der Waals surface area (Å²) in [6.45, 7) is 2.16. The first-order valence-electron chi connectivity index (χ1n) is 12.9. The fraction of sp³-hybridized carbons (Fsp3) is 0.226. The van der Waals surface area contributed by atoms with Crippen LogP contribution in [0.4, 0.5) is 0 Å². The van der Waals surface area contributed by atoms with Crippen LogP contribution in [-0.4, -0.2) is 45.5 Å². The molecule has 0 saturated heterocycles. The first kappa shape index (κ1) is 25.7. The second-order valence-corrected chi connectivity index (χ2v) is 11.6. The molecule has 7 heteroatoms. The Balaban J connectivity index is 1.23. The van der Waals surface area contributed by atoms with Gasteiger partial charge in [0, 0.05) is 31.0 Å². The number of carbonyl (C=O) groups excluding carboxylic acids is 1. The maximum atomic E-state index is 13.4. The van der Waals surface area contributed by atoms with Crippen molar-refractivity contribution < 1.29 is 13.2 Å². The molecule has 0 bridgehead atoms. The van der Waals surface area contributed by atoms with Gasteiger partial charge in [-0.3, -0.25) is 9.79 Å². The van der Waals surface area contributed by atoms with E-state index in [1.165, 1.54) is 0 Å². The smallest absolute Gasteiger partial charge is 0.220 e. The molecule has 0 aliphatic carbocycles. The quantitative estimate of drug-likeness (QED) is 0.319. The minimum Gasteiger partial charge on any atom is -0.368 e. The first-order valence-corrected chi connectivity index (χ1v) is 14.5. The van der Waals surface area contributed by atoms with Crippen LogP contribution in [0.2, 0.25) is 0 Å². The summed E-state index contributed by atoms with van der Waals surface area (Å²) in [5.74, 6) is 0.179. The summed E-state index contributed by atoms with van der Waals surface area (Å²) in [7, 11) is -3.61. The summed E-state index contributed by atoms with van der Waals surface area (Å²) >= 11 is 0. The summed E-state index contributed by atoms with van der Waals surface area (Å²) in [6.07, 6.45) is 0.790. The molecule has 1 amide bonds. The monoisotopic (exact) mass is 525 g/mol. The van der Waals surface area contributed by atoms with E-state index in [0.29, 0.717) is 13.0 Å². The summed E-state index contributed by atoms with van der Waals surface area (Å²) in [5, 5.41) is 8.12. The largest absolute Gasteiger partial charge is 0.368 e. The Morgan fingerprint density at radius 1 is 0.895 bits per heavy atom. The van der Waals surface area contributed by atoms with Gasteiger partial charge in [-0.05, 0) is 40.5 Å². The van der Waals surface area contributed by atoms with Crippen LogP contribution < -0.4 is 10.6 Å². The number of nitrogens with zero attached hydrogens (tertiary/aromatic N) is 1. The number of rotatable bonds is 10. The zero-order valence-electron chi connectivity index (χ0n) is 21.1. The van der Waals surface area contributed by atoms with Crippen molar-refractivity contribution in [3.05, 3.63) is 114 Å². The molecule has 4 aromatic rings. The Bertz CT molecular complexity index is 1550. The van der Waals surface area contributed by atoms with E-state index in [9.17, 15) is 13.2 Å². The molecule has 0 aromatic heterocycles. The van der Waals surface area contributed by atoms with Crippen LogP contribution in [-0.2, 0) is 21.1 Å². The number of benzene rings is 4. The molecule has 5 rings (SSSR count). The average molecular weight is 526 g/mol. The summed E-state index contributed by atoms with van der Waals surface area (Å²) in [5.41, 5.74) is 3.02. The Morgan fingerprint density at radius 2 is 1.63 bits per heavy atom. The van der Waals surface area contributed by atoms with Gasteiger partial charge in [0.25, 0.3) is 0 Å². The lowest BCUT2D eigenvalue weighted by atomic mass is 9.97. The molecule has 4 aromatic carbocycles. The van der Waals surface area contributed by atoms with Crippen LogP contribution in [0.15, 0.2) is 107 Å². The highest BCUT2D eigenvalue weighted by Crippen LogP contribution is 2.27. The van der Waals surface area contributed by atoms with Crippen LogP contribution in [0.5, 0.6) is 0 Å². The number of amides is 1. The fourth-order valence-corrected chi connectivity index (χ4v) is 6.40. The van der Waals surface area contributed by atoms with Gasteiger partial charge in [-0.2, -0.15) is 0 Å². The predicted molar refractivity (Wildman–Crippen MR) is 152 cm³/mol. The van der Waals surface area contributed by atoms with Crippen LogP contribution in [0.3, 0.4) is 0 Å². The highest BCUT2D eigenvalue weighted by Gasteiger charge is 2.25. The number of fused-ring (bicyclic) bond motifs is 1. The molecule has 0 fully saturated rings. The number of nitrogens with one attached hydrogen (secondary N) is 2.